The SMILES string of the molecule is CCOc1ccnc(N2CCN(c3ccc4nccnc4n3)CC2)n1. The van der Waals surface area contributed by atoms with E-state index in [2.05, 4.69) is 34.7 Å². The minimum absolute atomic E-state index is 0.598. The highest BCUT2D eigenvalue weighted by Gasteiger charge is 2.20. The molecule has 8 heteroatoms. The third kappa shape index (κ3) is 3.28. The van der Waals surface area contributed by atoms with Crippen LogP contribution in [0.3, 0.4) is 0 Å². The summed E-state index contributed by atoms with van der Waals surface area (Å²) in [5.74, 6) is 2.25. The normalized spacial score (nSPS) is 14.8. The molecule has 128 valence electrons. The molecule has 3 aromatic heterocycles. The molecule has 3 aromatic rings. The van der Waals surface area contributed by atoms with E-state index in [-0.39, 0.29) is 0 Å². The predicted molar refractivity (Wildman–Crippen MR) is 95.0 cm³/mol. The molecule has 0 aliphatic carbocycles. The average Bonchev–Trinajstić information content (AvgIpc) is 2.68. The summed E-state index contributed by atoms with van der Waals surface area (Å²) >= 11 is 0. The molecule has 4 rings (SSSR count). The van der Waals surface area contributed by atoms with E-state index in [1.54, 1.807) is 24.7 Å². The minimum Gasteiger partial charge on any atom is -0.478 e. The lowest BCUT2D eigenvalue weighted by atomic mass is 10.3. The lowest BCUT2D eigenvalue weighted by molar-refractivity contribution is 0.326. The third-order valence-corrected chi connectivity index (χ3v) is 4.11. The van der Waals surface area contributed by atoms with Gasteiger partial charge in [-0.2, -0.15) is 4.98 Å². The van der Waals surface area contributed by atoms with E-state index in [9.17, 15) is 0 Å². The van der Waals surface area contributed by atoms with E-state index in [0.29, 0.717) is 24.1 Å². The smallest absolute Gasteiger partial charge is 0.228 e. The molecule has 1 saturated heterocycles. The fourth-order valence-electron chi connectivity index (χ4n) is 2.87. The Morgan fingerprint density at radius 3 is 2.52 bits per heavy atom. The van der Waals surface area contributed by atoms with E-state index >= 15 is 0 Å². The molecular formula is C17H19N7O. The van der Waals surface area contributed by atoms with E-state index < -0.39 is 0 Å². The van der Waals surface area contributed by atoms with Gasteiger partial charge in [0.25, 0.3) is 0 Å². The Labute approximate surface area is 145 Å². The highest BCUT2D eigenvalue weighted by atomic mass is 16.5. The summed E-state index contributed by atoms with van der Waals surface area (Å²) in [6, 6.07) is 5.74. The van der Waals surface area contributed by atoms with Gasteiger partial charge in [0.05, 0.1) is 6.61 Å². The van der Waals surface area contributed by atoms with Crippen LogP contribution in [0, 0.1) is 0 Å². The van der Waals surface area contributed by atoms with Crippen LogP contribution < -0.4 is 14.5 Å². The number of aromatic nitrogens is 5. The summed E-state index contributed by atoms with van der Waals surface area (Å²) in [7, 11) is 0. The van der Waals surface area contributed by atoms with Gasteiger partial charge in [0.15, 0.2) is 5.65 Å². The molecule has 0 saturated carbocycles. The van der Waals surface area contributed by atoms with Gasteiger partial charge >= 0.3 is 0 Å². The maximum absolute atomic E-state index is 5.46. The first-order valence-electron chi connectivity index (χ1n) is 8.37. The van der Waals surface area contributed by atoms with Crippen molar-refractivity contribution in [1.82, 2.24) is 24.9 Å². The molecule has 1 aliphatic rings. The number of rotatable bonds is 4. The van der Waals surface area contributed by atoms with Crippen molar-refractivity contribution >= 4 is 22.9 Å². The average molecular weight is 337 g/mol. The van der Waals surface area contributed by atoms with Gasteiger partial charge in [0.2, 0.25) is 11.8 Å². The van der Waals surface area contributed by atoms with Crippen LogP contribution in [0.25, 0.3) is 11.2 Å². The highest BCUT2D eigenvalue weighted by Crippen LogP contribution is 2.19. The Hall–Kier alpha value is -3.03. The van der Waals surface area contributed by atoms with Gasteiger partial charge in [-0.3, -0.25) is 4.98 Å². The topological polar surface area (TPSA) is 80.2 Å². The number of nitrogens with zero attached hydrogens (tertiary/aromatic N) is 7. The van der Waals surface area contributed by atoms with Crippen molar-refractivity contribution in [3.63, 3.8) is 0 Å². The summed E-state index contributed by atoms with van der Waals surface area (Å²) in [6.07, 6.45) is 5.09. The summed E-state index contributed by atoms with van der Waals surface area (Å²) in [4.78, 5) is 26.4. The second-order valence-electron chi connectivity index (χ2n) is 5.67. The van der Waals surface area contributed by atoms with Gasteiger partial charge in [-0.15, -0.1) is 0 Å². The van der Waals surface area contributed by atoms with Crippen LogP contribution in [0.2, 0.25) is 0 Å². The molecule has 0 aromatic carbocycles. The molecule has 0 bridgehead atoms. The number of hydrogen-bond acceptors (Lipinski definition) is 8. The number of pyridine rings is 1. The first-order chi connectivity index (χ1) is 12.3. The molecule has 0 atom stereocenters. The monoisotopic (exact) mass is 337 g/mol. The van der Waals surface area contributed by atoms with Gasteiger partial charge in [-0.25, -0.2) is 15.0 Å². The first kappa shape index (κ1) is 15.5. The fraction of sp³-hybridized carbons (Fsp3) is 0.353. The maximum atomic E-state index is 5.46. The van der Waals surface area contributed by atoms with E-state index in [1.807, 2.05) is 19.1 Å². The van der Waals surface area contributed by atoms with Crippen molar-refractivity contribution < 1.29 is 4.74 Å². The van der Waals surface area contributed by atoms with Crippen molar-refractivity contribution in [2.75, 3.05) is 42.6 Å². The molecule has 0 spiro atoms. The van der Waals surface area contributed by atoms with Crippen LogP contribution in [0.4, 0.5) is 11.8 Å². The summed E-state index contributed by atoms with van der Waals surface area (Å²) in [6.45, 7) is 5.90. The zero-order valence-corrected chi connectivity index (χ0v) is 14.0. The molecule has 1 fully saturated rings. The molecule has 0 radical (unpaired) electrons. The Balaban J connectivity index is 1.46. The Morgan fingerprint density at radius 2 is 1.68 bits per heavy atom. The van der Waals surface area contributed by atoms with Crippen LogP contribution in [-0.2, 0) is 0 Å². The van der Waals surface area contributed by atoms with Crippen LogP contribution in [0.15, 0.2) is 36.8 Å². The maximum Gasteiger partial charge on any atom is 0.228 e. The quantitative estimate of drug-likeness (QED) is 0.709. The van der Waals surface area contributed by atoms with Crippen LogP contribution in [0.1, 0.15) is 6.92 Å². The molecule has 0 amide bonds. The van der Waals surface area contributed by atoms with E-state index in [4.69, 9.17) is 4.74 Å². The van der Waals surface area contributed by atoms with Crippen LogP contribution in [-0.4, -0.2) is 57.7 Å². The van der Waals surface area contributed by atoms with Gasteiger partial charge < -0.3 is 14.5 Å². The standard InChI is InChI=1S/C17H19N7O/c1-2-25-15-5-6-20-17(22-15)24-11-9-23(10-12-24)14-4-3-13-16(21-14)19-8-7-18-13/h3-8H,2,9-12H2,1H3. The Bertz CT molecular complexity index is 864. The molecule has 4 heterocycles. The zero-order chi connectivity index (χ0) is 17.1. The minimum atomic E-state index is 0.598. The molecule has 0 unspecified atom stereocenters. The molecular weight excluding hydrogens is 318 g/mol. The van der Waals surface area contributed by atoms with Crippen molar-refractivity contribution in [1.29, 1.82) is 0 Å². The van der Waals surface area contributed by atoms with Gasteiger partial charge in [0.1, 0.15) is 11.3 Å². The predicted octanol–water partition coefficient (Wildman–Crippen LogP) is 1.54. The van der Waals surface area contributed by atoms with E-state index in [1.165, 1.54) is 0 Å². The zero-order valence-electron chi connectivity index (χ0n) is 14.0. The number of fused-ring (bicyclic) bond motifs is 1. The van der Waals surface area contributed by atoms with Gasteiger partial charge in [0, 0.05) is 50.8 Å². The second-order valence-corrected chi connectivity index (χ2v) is 5.67. The lowest BCUT2D eigenvalue weighted by Crippen LogP contribution is -2.47. The fourth-order valence-corrected chi connectivity index (χ4v) is 2.87. The number of ether oxygens (including phenoxy) is 1. The molecule has 1 aliphatic heterocycles. The molecule has 8 nitrogen and oxygen atoms in total. The number of anilines is 2. The summed E-state index contributed by atoms with van der Waals surface area (Å²) in [5, 5.41) is 0. The van der Waals surface area contributed by atoms with Gasteiger partial charge in [-0.05, 0) is 19.1 Å². The van der Waals surface area contributed by atoms with Crippen molar-refractivity contribution in [3.05, 3.63) is 36.8 Å². The summed E-state index contributed by atoms with van der Waals surface area (Å²) in [5.41, 5.74) is 1.49. The lowest BCUT2D eigenvalue weighted by Gasteiger charge is -2.35. The third-order valence-electron chi connectivity index (χ3n) is 4.11. The van der Waals surface area contributed by atoms with E-state index in [0.717, 1.165) is 37.5 Å². The summed E-state index contributed by atoms with van der Waals surface area (Å²) < 4.78 is 5.46. The molecule has 0 N–H and O–H groups in total. The van der Waals surface area contributed by atoms with Crippen LogP contribution >= 0.6 is 0 Å². The van der Waals surface area contributed by atoms with Crippen molar-refractivity contribution in [3.8, 4) is 5.88 Å². The van der Waals surface area contributed by atoms with Crippen molar-refractivity contribution in [2.45, 2.75) is 6.92 Å². The Morgan fingerprint density at radius 1 is 0.880 bits per heavy atom. The van der Waals surface area contributed by atoms with Gasteiger partial charge in [-0.1, -0.05) is 0 Å². The highest BCUT2D eigenvalue weighted by molar-refractivity contribution is 5.71. The number of hydrogen-bond donors (Lipinski definition) is 0. The Kier molecular flexibility index (Phi) is 4.24. The van der Waals surface area contributed by atoms with Crippen molar-refractivity contribution in [2.24, 2.45) is 0 Å². The molecule has 25 heavy (non-hydrogen) atoms. The number of piperazine rings is 1. The largest absolute Gasteiger partial charge is 0.478 e. The van der Waals surface area contributed by atoms with Crippen LogP contribution in [0.5, 0.6) is 5.88 Å². The second kappa shape index (κ2) is 6.84. The first-order valence-corrected chi connectivity index (χ1v) is 8.37.